The third-order valence-corrected chi connectivity index (χ3v) is 8.67. The summed E-state index contributed by atoms with van der Waals surface area (Å²) in [6.45, 7) is 4.52. The minimum absolute atomic E-state index is 0.0772. The van der Waals surface area contributed by atoms with Gasteiger partial charge in [0.1, 0.15) is 5.75 Å². The van der Waals surface area contributed by atoms with Crippen molar-refractivity contribution in [3.05, 3.63) is 62.7 Å². The van der Waals surface area contributed by atoms with Crippen LogP contribution in [0, 0.1) is 9.49 Å². The molecular formula is C28H35IN2O2. The van der Waals surface area contributed by atoms with Crippen molar-refractivity contribution in [2.24, 2.45) is 5.92 Å². The first kappa shape index (κ1) is 23.2. The number of ether oxygens (including phenoxy) is 1. The summed E-state index contributed by atoms with van der Waals surface area (Å²) in [5.41, 5.74) is 3.80. The summed E-state index contributed by atoms with van der Waals surface area (Å²) in [4.78, 5) is 15.2. The highest BCUT2D eigenvalue weighted by Crippen LogP contribution is 2.37. The van der Waals surface area contributed by atoms with Gasteiger partial charge in [-0.25, -0.2) is 0 Å². The van der Waals surface area contributed by atoms with E-state index in [1.54, 1.807) is 5.56 Å². The van der Waals surface area contributed by atoms with Gasteiger partial charge in [-0.1, -0.05) is 12.1 Å². The topological polar surface area (TPSA) is 41.6 Å². The van der Waals surface area contributed by atoms with Gasteiger partial charge in [0.05, 0.1) is 6.61 Å². The zero-order chi connectivity index (χ0) is 22.6. The molecule has 0 bridgehead atoms. The van der Waals surface area contributed by atoms with Crippen LogP contribution in [0.2, 0.25) is 0 Å². The fourth-order valence-electron chi connectivity index (χ4n) is 5.93. The van der Waals surface area contributed by atoms with Crippen LogP contribution in [-0.2, 0) is 6.42 Å². The van der Waals surface area contributed by atoms with E-state index in [4.69, 9.17) is 4.74 Å². The van der Waals surface area contributed by atoms with Crippen molar-refractivity contribution in [2.75, 3.05) is 26.2 Å². The number of amides is 1. The van der Waals surface area contributed by atoms with E-state index in [1.165, 1.54) is 57.3 Å². The van der Waals surface area contributed by atoms with Crippen LogP contribution in [0.4, 0.5) is 0 Å². The Morgan fingerprint density at radius 1 is 1.00 bits per heavy atom. The molecule has 1 saturated carbocycles. The van der Waals surface area contributed by atoms with E-state index in [9.17, 15) is 4.79 Å². The van der Waals surface area contributed by atoms with Gasteiger partial charge in [0.25, 0.3) is 5.91 Å². The van der Waals surface area contributed by atoms with Crippen LogP contribution in [0.1, 0.15) is 72.3 Å². The number of rotatable bonds is 6. The van der Waals surface area contributed by atoms with E-state index >= 15 is 0 Å². The maximum atomic E-state index is 12.5. The summed E-state index contributed by atoms with van der Waals surface area (Å²) in [7, 11) is 0. The molecule has 2 aromatic carbocycles. The monoisotopic (exact) mass is 558 g/mol. The van der Waals surface area contributed by atoms with Gasteiger partial charge in [0.15, 0.2) is 0 Å². The molecule has 5 heteroatoms. The molecule has 2 aliphatic heterocycles. The molecule has 3 aliphatic rings. The molecule has 5 rings (SSSR count). The summed E-state index contributed by atoms with van der Waals surface area (Å²) in [6, 6.07) is 14.8. The van der Waals surface area contributed by atoms with Crippen LogP contribution in [0.25, 0.3) is 0 Å². The lowest BCUT2D eigenvalue weighted by atomic mass is 9.83. The number of likely N-dealkylation sites (tertiary alicyclic amines) is 1. The second kappa shape index (κ2) is 10.8. The van der Waals surface area contributed by atoms with E-state index in [0.717, 1.165) is 46.7 Å². The number of carbonyl (C=O) groups is 1. The molecule has 1 N–H and O–H groups in total. The molecule has 176 valence electrons. The van der Waals surface area contributed by atoms with Crippen molar-refractivity contribution in [3.8, 4) is 5.75 Å². The summed E-state index contributed by atoms with van der Waals surface area (Å²) in [5, 5.41) is 3.26. The minimum atomic E-state index is 0.0772. The highest BCUT2D eigenvalue weighted by molar-refractivity contribution is 14.1. The molecule has 0 spiro atoms. The Morgan fingerprint density at radius 3 is 2.52 bits per heavy atom. The van der Waals surface area contributed by atoms with Crippen molar-refractivity contribution < 1.29 is 9.53 Å². The van der Waals surface area contributed by atoms with E-state index < -0.39 is 0 Å². The molecule has 4 nitrogen and oxygen atoms in total. The first-order chi connectivity index (χ1) is 16.2. The maximum absolute atomic E-state index is 12.5. The predicted octanol–water partition coefficient (Wildman–Crippen LogP) is 5.78. The molecule has 0 atom stereocenters. The molecule has 1 aliphatic carbocycles. The van der Waals surface area contributed by atoms with Gasteiger partial charge in [-0.3, -0.25) is 4.79 Å². The van der Waals surface area contributed by atoms with Crippen molar-refractivity contribution in [2.45, 2.75) is 63.3 Å². The number of fused-ring (bicyclic) bond motifs is 1. The maximum Gasteiger partial charge on any atom is 0.251 e. The zero-order valence-electron chi connectivity index (χ0n) is 19.4. The summed E-state index contributed by atoms with van der Waals surface area (Å²) in [6.07, 6.45) is 9.64. The number of hydrogen-bond donors (Lipinski definition) is 1. The summed E-state index contributed by atoms with van der Waals surface area (Å²) < 4.78 is 6.94. The first-order valence-corrected chi connectivity index (χ1v) is 13.8. The summed E-state index contributed by atoms with van der Waals surface area (Å²) >= 11 is 2.27. The zero-order valence-corrected chi connectivity index (χ0v) is 21.6. The standard InChI is InChI=1S/C28H35IN2O2/c29-23-8-6-22(7-9-23)28(32)30-24-10-4-20(5-11-24)12-16-31-17-13-21(14-18-31)25-2-1-3-27-26(25)15-19-33-27/h1-3,6-9,20-21,24H,4-5,10-19H2,(H,30,32). The van der Waals surface area contributed by atoms with E-state index in [2.05, 4.69) is 51.0 Å². The Hall–Kier alpha value is -1.60. The summed E-state index contributed by atoms with van der Waals surface area (Å²) in [5.74, 6) is 2.71. The van der Waals surface area contributed by atoms with Crippen LogP contribution in [0.5, 0.6) is 5.75 Å². The van der Waals surface area contributed by atoms with Crippen molar-refractivity contribution >= 4 is 28.5 Å². The average molecular weight is 559 g/mol. The van der Waals surface area contributed by atoms with Gasteiger partial charge < -0.3 is 15.0 Å². The van der Waals surface area contributed by atoms with Gasteiger partial charge >= 0.3 is 0 Å². The lowest BCUT2D eigenvalue weighted by Crippen LogP contribution is -2.38. The number of hydrogen-bond acceptors (Lipinski definition) is 3. The van der Waals surface area contributed by atoms with Gasteiger partial charge in [0.2, 0.25) is 0 Å². The van der Waals surface area contributed by atoms with Gasteiger partial charge in [0, 0.05) is 27.2 Å². The molecule has 2 heterocycles. The van der Waals surface area contributed by atoms with E-state index in [-0.39, 0.29) is 5.91 Å². The molecule has 2 fully saturated rings. The second-order valence-corrected chi connectivity index (χ2v) is 11.3. The van der Waals surface area contributed by atoms with Crippen LogP contribution >= 0.6 is 22.6 Å². The molecule has 1 amide bonds. The van der Waals surface area contributed by atoms with Crippen molar-refractivity contribution in [1.29, 1.82) is 0 Å². The highest BCUT2D eigenvalue weighted by atomic mass is 127. The third kappa shape index (κ3) is 5.73. The van der Waals surface area contributed by atoms with Crippen LogP contribution in [0.3, 0.4) is 0 Å². The lowest BCUT2D eigenvalue weighted by molar-refractivity contribution is 0.0919. The van der Waals surface area contributed by atoms with Crippen LogP contribution in [-0.4, -0.2) is 43.1 Å². The molecule has 33 heavy (non-hydrogen) atoms. The number of nitrogens with zero attached hydrogens (tertiary/aromatic N) is 1. The molecule has 1 saturated heterocycles. The predicted molar refractivity (Wildman–Crippen MR) is 141 cm³/mol. The Bertz CT molecular complexity index is 945. The molecule has 2 aromatic rings. The Labute approximate surface area is 211 Å². The molecular weight excluding hydrogens is 523 g/mol. The number of piperidine rings is 1. The van der Waals surface area contributed by atoms with Crippen molar-refractivity contribution in [3.63, 3.8) is 0 Å². The third-order valence-electron chi connectivity index (χ3n) is 7.95. The number of benzene rings is 2. The normalized spacial score (nSPS) is 23.7. The quantitative estimate of drug-likeness (QED) is 0.457. The average Bonchev–Trinajstić information content (AvgIpc) is 3.34. The Kier molecular flexibility index (Phi) is 7.56. The Balaban J connectivity index is 1.02. The van der Waals surface area contributed by atoms with Gasteiger partial charge in [-0.2, -0.15) is 0 Å². The molecule has 0 unspecified atom stereocenters. The first-order valence-electron chi connectivity index (χ1n) is 12.7. The minimum Gasteiger partial charge on any atom is -0.493 e. The highest BCUT2D eigenvalue weighted by Gasteiger charge is 2.27. The molecule has 0 radical (unpaired) electrons. The lowest BCUT2D eigenvalue weighted by Gasteiger charge is -2.35. The van der Waals surface area contributed by atoms with E-state index in [1.807, 2.05) is 24.3 Å². The van der Waals surface area contributed by atoms with Gasteiger partial charge in [-0.05, 0) is 135 Å². The van der Waals surface area contributed by atoms with Crippen LogP contribution < -0.4 is 10.1 Å². The fraction of sp³-hybridized carbons (Fsp3) is 0.536. The number of nitrogens with one attached hydrogen (secondary N) is 1. The SMILES string of the molecule is O=C(NC1CCC(CCN2CCC(c3cccc4c3CCO4)CC2)CC1)c1ccc(I)cc1. The molecule has 0 aromatic heterocycles. The smallest absolute Gasteiger partial charge is 0.251 e. The van der Waals surface area contributed by atoms with Crippen molar-refractivity contribution in [1.82, 2.24) is 10.2 Å². The van der Waals surface area contributed by atoms with Gasteiger partial charge in [-0.15, -0.1) is 0 Å². The number of halogens is 1. The Morgan fingerprint density at radius 2 is 1.76 bits per heavy atom. The largest absolute Gasteiger partial charge is 0.493 e. The van der Waals surface area contributed by atoms with E-state index in [0.29, 0.717) is 12.0 Å². The van der Waals surface area contributed by atoms with Crippen LogP contribution in [0.15, 0.2) is 42.5 Å². The number of carbonyl (C=O) groups excluding carboxylic acids is 1. The fourth-order valence-corrected chi connectivity index (χ4v) is 6.29. The second-order valence-electron chi connectivity index (χ2n) is 10.0.